The lowest BCUT2D eigenvalue weighted by Crippen LogP contribution is -2.41. The second kappa shape index (κ2) is 8.19. The molecule has 0 aromatic carbocycles. The second-order valence-electron chi connectivity index (χ2n) is 7.38. The Hall–Kier alpha value is -2.25. The van der Waals surface area contributed by atoms with Gasteiger partial charge in [0.15, 0.2) is 0 Å². The summed E-state index contributed by atoms with van der Waals surface area (Å²) >= 11 is 0. The summed E-state index contributed by atoms with van der Waals surface area (Å²) < 4.78 is 7.41. The predicted molar refractivity (Wildman–Crippen MR) is 101 cm³/mol. The van der Waals surface area contributed by atoms with Crippen molar-refractivity contribution in [3.05, 3.63) is 47.8 Å². The Morgan fingerprint density at radius 2 is 2.11 bits per heavy atom. The van der Waals surface area contributed by atoms with Crippen LogP contribution in [0.2, 0.25) is 0 Å². The second-order valence-corrected chi connectivity index (χ2v) is 7.38. The zero-order valence-corrected chi connectivity index (χ0v) is 15.9. The van der Waals surface area contributed by atoms with E-state index in [0.29, 0.717) is 37.9 Å². The highest BCUT2D eigenvalue weighted by molar-refractivity contribution is 5.92. The van der Waals surface area contributed by atoms with E-state index in [1.54, 1.807) is 0 Å². The summed E-state index contributed by atoms with van der Waals surface area (Å²) in [7, 11) is 2.03. The Morgan fingerprint density at radius 3 is 2.89 bits per heavy atom. The first-order chi connectivity index (χ1) is 13.2. The van der Waals surface area contributed by atoms with Crippen molar-refractivity contribution in [3.63, 3.8) is 0 Å². The van der Waals surface area contributed by atoms with Crippen molar-refractivity contribution < 1.29 is 9.53 Å². The van der Waals surface area contributed by atoms with E-state index in [0.717, 1.165) is 44.0 Å². The van der Waals surface area contributed by atoms with Crippen LogP contribution in [0.5, 0.6) is 0 Å². The molecule has 2 aliphatic rings. The number of imidazole rings is 1. The van der Waals surface area contributed by atoms with Crippen molar-refractivity contribution in [2.45, 2.75) is 25.3 Å². The number of ether oxygens (including phenoxy) is 1. The van der Waals surface area contributed by atoms with Crippen LogP contribution >= 0.6 is 0 Å². The standard InChI is InChI=1S/C20H27N5O2/c1-23-9-7-21-19(23)15-24-8-3-4-16(14-24)17-5-2-6-18(22-17)20(26)25-10-12-27-13-11-25/h2,5-7,9,16H,3-4,8,10-15H2,1H3/t16-/m1/s1. The van der Waals surface area contributed by atoms with Gasteiger partial charge in [-0.1, -0.05) is 6.07 Å². The number of rotatable bonds is 4. The van der Waals surface area contributed by atoms with Gasteiger partial charge in [0.2, 0.25) is 0 Å². The van der Waals surface area contributed by atoms with Gasteiger partial charge in [-0.15, -0.1) is 0 Å². The molecule has 0 saturated carbocycles. The molecule has 0 bridgehead atoms. The summed E-state index contributed by atoms with van der Waals surface area (Å²) in [5, 5.41) is 0. The smallest absolute Gasteiger partial charge is 0.272 e. The van der Waals surface area contributed by atoms with Gasteiger partial charge in [0.1, 0.15) is 11.5 Å². The molecular weight excluding hydrogens is 342 g/mol. The van der Waals surface area contributed by atoms with Crippen molar-refractivity contribution in [2.75, 3.05) is 39.4 Å². The molecule has 2 aromatic heterocycles. The molecule has 4 heterocycles. The van der Waals surface area contributed by atoms with E-state index in [1.165, 1.54) is 0 Å². The average molecular weight is 369 g/mol. The van der Waals surface area contributed by atoms with Gasteiger partial charge >= 0.3 is 0 Å². The van der Waals surface area contributed by atoms with Crippen LogP contribution in [-0.4, -0.2) is 69.6 Å². The first-order valence-electron chi connectivity index (χ1n) is 9.73. The maximum atomic E-state index is 12.7. The fourth-order valence-corrected chi connectivity index (χ4v) is 3.92. The molecule has 144 valence electrons. The fourth-order valence-electron chi connectivity index (χ4n) is 3.92. The van der Waals surface area contributed by atoms with Gasteiger partial charge in [0, 0.05) is 50.7 Å². The number of carbonyl (C=O) groups excluding carboxylic acids is 1. The number of aryl methyl sites for hydroxylation is 1. The lowest BCUT2D eigenvalue weighted by molar-refractivity contribution is 0.0298. The fraction of sp³-hybridized carbons (Fsp3) is 0.550. The summed E-state index contributed by atoms with van der Waals surface area (Å²) in [5.74, 6) is 1.46. The molecule has 0 unspecified atom stereocenters. The zero-order valence-electron chi connectivity index (χ0n) is 15.9. The van der Waals surface area contributed by atoms with Gasteiger partial charge in [-0.05, 0) is 31.5 Å². The molecule has 2 saturated heterocycles. The van der Waals surface area contributed by atoms with Crippen LogP contribution < -0.4 is 0 Å². The summed E-state index contributed by atoms with van der Waals surface area (Å²) in [6.07, 6.45) is 6.08. The molecule has 7 nitrogen and oxygen atoms in total. The largest absolute Gasteiger partial charge is 0.378 e. The van der Waals surface area contributed by atoms with E-state index < -0.39 is 0 Å². The Balaban J connectivity index is 1.44. The average Bonchev–Trinajstić information content (AvgIpc) is 3.13. The van der Waals surface area contributed by atoms with Gasteiger partial charge in [0.25, 0.3) is 5.91 Å². The molecule has 0 N–H and O–H groups in total. The maximum Gasteiger partial charge on any atom is 0.272 e. The minimum absolute atomic E-state index is 0.0147. The van der Waals surface area contributed by atoms with Crippen LogP contribution in [0.1, 0.15) is 40.8 Å². The Labute approximate surface area is 160 Å². The molecule has 4 rings (SSSR count). The lowest BCUT2D eigenvalue weighted by atomic mass is 9.94. The lowest BCUT2D eigenvalue weighted by Gasteiger charge is -2.32. The van der Waals surface area contributed by atoms with E-state index in [-0.39, 0.29) is 5.91 Å². The molecule has 2 aliphatic heterocycles. The molecule has 2 fully saturated rings. The van der Waals surface area contributed by atoms with Crippen LogP contribution in [0.15, 0.2) is 30.6 Å². The number of nitrogens with zero attached hydrogens (tertiary/aromatic N) is 5. The van der Waals surface area contributed by atoms with E-state index in [1.807, 2.05) is 36.5 Å². The summed E-state index contributed by atoms with van der Waals surface area (Å²) in [4.78, 5) is 26.2. The Morgan fingerprint density at radius 1 is 1.26 bits per heavy atom. The molecule has 7 heteroatoms. The van der Waals surface area contributed by atoms with Gasteiger partial charge in [-0.3, -0.25) is 9.69 Å². The highest BCUT2D eigenvalue weighted by Crippen LogP contribution is 2.26. The third-order valence-electron chi connectivity index (χ3n) is 5.50. The molecular formula is C20H27N5O2. The van der Waals surface area contributed by atoms with Crippen molar-refractivity contribution in [3.8, 4) is 0 Å². The Bertz CT molecular complexity index is 784. The van der Waals surface area contributed by atoms with E-state index in [4.69, 9.17) is 9.72 Å². The SMILES string of the molecule is Cn1ccnc1CN1CCC[C@@H](c2cccc(C(=O)N3CCOCC3)n2)C1. The van der Waals surface area contributed by atoms with Crippen molar-refractivity contribution in [2.24, 2.45) is 7.05 Å². The quantitative estimate of drug-likeness (QED) is 0.820. The number of hydrogen-bond donors (Lipinski definition) is 0. The molecule has 2 aromatic rings. The van der Waals surface area contributed by atoms with Gasteiger partial charge in [-0.2, -0.15) is 0 Å². The maximum absolute atomic E-state index is 12.7. The molecule has 1 atom stereocenters. The van der Waals surface area contributed by atoms with Crippen molar-refractivity contribution in [1.82, 2.24) is 24.3 Å². The zero-order chi connectivity index (χ0) is 18.6. The van der Waals surface area contributed by atoms with Gasteiger partial charge in [0.05, 0.1) is 19.8 Å². The third-order valence-corrected chi connectivity index (χ3v) is 5.50. The highest BCUT2D eigenvalue weighted by Gasteiger charge is 2.25. The predicted octanol–water partition coefficient (Wildman–Crippen LogP) is 1.67. The Kier molecular flexibility index (Phi) is 5.50. The number of likely N-dealkylation sites (tertiary alicyclic amines) is 1. The number of morpholine rings is 1. The van der Waals surface area contributed by atoms with Gasteiger partial charge < -0.3 is 14.2 Å². The summed E-state index contributed by atoms with van der Waals surface area (Å²) in [6, 6.07) is 5.86. The first kappa shape index (κ1) is 18.1. The number of piperidine rings is 1. The number of amides is 1. The summed E-state index contributed by atoms with van der Waals surface area (Å²) in [6.45, 7) is 5.39. The number of pyridine rings is 1. The van der Waals surface area contributed by atoms with Crippen LogP contribution in [-0.2, 0) is 18.3 Å². The molecule has 0 radical (unpaired) electrons. The minimum Gasteiger partial charge on any atom is -0.378 e. The van der Waals surface area contributed by atoms with Gasteiger partial charge in [-0.25, -0.2) is 9.97 Å². The van der Waals surface area contributed by atoms with Crippen LogP contribution in [0.25, 0.3) is 0 Å². The normalized spacial score (nSPS) is 21.4. The summed E-state index contributed by atoms with van der Waals surface area (Å²) in [5.41, 5.74) is 1.58. The molecule has 0 spiro atoms. The van der Waals surface area contributed by atoms with Crippen LogP contribution in [0, 0.1) is 0 Å². The highest BCUT2D eigenvalue weighted by atomic mass is 16.5. The third kappa shape index (κ3) is 4.20. The van der Waals surface area contributed by atoms with Crippen LogP contribution in [0.4, 0.5) is 0 Å². The monoisotopic (exact) mass is 369 g/mol. The molecule has 0 aliphatic carbocycles. The number of hydrogen-bond acceptors (Lipinski definition) is 5. The molecule has 1 amide bonds. The minimum atomic E-state index is 0.0147. The van der Waals surface area contributed by atoms with Crippen LogP contribution in [0.3, 0.4) is 0 Å². The first-order valence-corrected chi connectivity index (χ1v) is 9.73. The van der Waals surface area contributed by atoms with E-state index in [2.05, 4.69) is 20.5 Å². The van der Waals surface area contributed by atoms with E-state index >= 15 is 0 Å². The number of carbonyl (C=O) groups is 1. The van der Waals surface area contributed by atoms with Crippen molar-refractivity contribution >= 4 is 5.91 Å². The topological polar surface area (TPSA) is 63.5 Å². The van der Waals surface area contributed by atoms with Crippen molar-refractivity contribution in [1.29, 1.82) is 0 Å². The molecule has 27 heavy (non-hydrogen) atoms. The number of aromatic nitrogens is 3. The van der Waals surface area contributed by atoms with E-state index in [9.17, 15) is 4.79 Å².